The second kappa shape index (κ2) is 7.17. The Morgan fingerprint density at radius 1 is 1.52 bits per heavy atom. The predicted molar refractivity (Wildman–Crippen MR) is 84.1 cm³/mol. The smallest absolute Gasteiger partial charge is 0.246 e. The van der Waals surface area contributed by atoms with Crippen LogP contribution in [0, 0.1) is 11.3 Å². The molecule has 0 bridgehead atoms. The number of hydrogen-bond donors (Lipinski definition) is 3. The van der Waals surface area contributed by atoms with Crippen LogP contribution < -0.4 is 16.4 Å². The van der Waals surface area contributed by atoms with Gasteiger partial charge in [0.1, 0.15) is 30.2 Å². The maximum absolute atomic E-state index is 12.6. The number of benzene rings is 1. The molecule has 1 aromatic heterocycles. The lowest BCUT2D eigenvalue weighted by Gasteiger charge is -2.15. The summed E-state index contributed by atoms with van der Waals surface area (Å²) in [6, 6.07) is 7.71. The van der Waals surface area contributed by atoms with Crippen molar-refractivity contribution in [2.45, 2.75) is 19.6 Å². The van der Waals surface area contributed by atoms with Crippen molar-refractivity contribution in [3.05, 3.63) is 41.6 Å². The van der Waals surface area contributed by atoms with Gasteiger partial charge in [-0.05, 0) is 24.6 Å². The van der Waals surface area contributed by atoms with Gasteiger partial charge in [-0.15, -0.1) is 0 Å². The summed E-state index contributed by atoms with van der Waals surface area (Å²) in [5.41, 5.74) is 6.62. The number of nitrogens with one attached hydrogen (secondary N) is 2. The summed E-state index contributed by atoms with van der Waals surface area (Å²) in [6.45, 7) is 0.997. The van der Waals surface area contributed by atoms with Gasteiger partial charge in [-0.25, -0.2) is 9.37 Å². The van der Waals surface area contributed by atoms with Crippen LogP contribution in [0.25, 0.3) is 0 Å². The number of amides is 1. The number of carbonyl (C=O) groups is 1. The number of nitrogens with zero attached hydrogens (tertiary/aromatic N) is 3. The van der Waals surface area contributed by atoms with E-state index in [0.717, 1.165) is 0 Å². The molecule has 23 heavy (non-hydrogen) atoms. The number of nitrogens with two attached hydrogens (primary N) is 1. The van der Waals surface area contributed by atoms with Crippen molar-refractivity contribution >= 4 is 23.4 Å². The Morgan fingerprint density at radius 3 is 3.00 bits per heavy atom. The molecule has 1 amide bonds. The van der Waals surface area contributed by atoms with Crippen molar-refractivity contribution in [3.8, 4) is 6.07 Å². The fraction of sp³-hybridized carbons (Fsp3) is 0.200. The molecule has 1 atom stereocenters. The van der Waals surface area contributed by atoms with Gasteiger partial charge in [0.15, 0.2) is 0 Å². The van der Waals surface area contributed by atoms with Crippen LogP contribution in [0.3, 0.4) is 0 Å². The van der Waals surface area contributed by atoms with Gasteiger partial charge in [0.25, 0.3) is 0 Å². The van der Waals surface area contributed by atoms with Gasteiger partial charge in [-0.1, -0.05) is 12.1 Å². The number of hydrogen-bond acceptors (Lipinski definition) is 6. The molecule has 2 rings (SSSR count). The lowest BCUT2D eigenvalue weighted by atomic mass is 10.2. The summed E-state index contributed by atoms with van der Waals surface area (Å²) in [5.74, 6) is -0.183. The molecule has 0 saturated carbocycles. The van der Waals surface area contributed by atoms with Crippen LogP contribution in [0.1, 0.15) is 18.1 Å². The topological polar surface area (TPSA) is 117 Å². The number of carbonyl (C=O) groups excluding carboxylic acids is 1. The van der Waals surface area contributed by atoms with E-state index >= 15 is 0 Å². The van der Waals surface area contributed by atoms with Crippen LogP contribution in [0.15, 0.2) is 30.5 Å². The zero-order chi connectivity index (χ0) is 16.8. The van der Waals surface area contributed by atoms with Gasteiger partial charge >= 0.3 is 0 Å². The van der Waals surface area contributed by atoms with E-state index in [2.05, 4.69) is 20.6 Å². The van der Waals surface area contributed by atoms with E-state index in [0.29, 0.717) is 11.3 Å². The van der Waals surface area contributed by atoms with Crippen LogP contribution in [-0.4, -0.2) is 21.9 Å². The summed E-state index contributed by atoms with van der Waals surface area (Å²) in [4.78, 5) is 19.8. The van der Waals surface area contributed by atoms with Gasteiger partial charge in [0.05, 0.1) is 6.20 Å². The van der Waals surface area contributed by atoms with Crippen LogP contribution in [0.5, 0.6) is 0 Å². The van der Waals surface area contributed by atoms with Gasteiger partial charge < -0.3 is 16.4 Å². The summed E-state index contributed by atoms with van der Waals surface area (Å²) >= 11 is 0. The molecule has 2 aromatic rings. The van der Waals surface area contributed by atoms with Gasteiger partial charge in [-0.3, -0.25) is 4.79 Å². The van der Waals surface area contributed by atoms with Gasteiger partial charge in [0, 0.05) is 5.69 Å². The zero-order valence-corrected chi connectivity index (χ0v) is 12.4. The molecule has 0 saturated heterocycles. The first-order valence-electron chi connectivity index (χ1n) is 6.78. The van der Waals surface area contributed by atoms with E-state index < -0.39 is 12.7 Å². The highest BCUT2D eigenvalue weighted by Crippen LogP contribution is 2.15. The van der Waals surface area contributed by atoms with Crippen LogP contribution >= 0.6 is 0 Å². The van der Waals surface area contributed by atoms with E-state index in [-0.39, 0.29) is 23.2 Å². The second-order valence-corrected chi connectivity index (χ2v) is 4.79. The average Bonchev–Trinajstić information content (AvgIpc) is 2.55. The first-order chi connectivity index (χ1) is 11.0. The fourth-order valence-electron chi connectivity index (χ4n) is 1.84. The molecule has 7 nitrogen and oxygen atoms in total. The zero-order valence-electron chi connectivity index (χ0n) is 12.4. The minimum atomic E-state index is -0.689. The Labute approximate surface area is 132 Å². The number of nitrogen functional groups attached to an aromatic ring is 1. The molecule has 0 fully saturated rings. The third-order valence-corrected chi connectivity index (χ3v) is 3.02. The van der Waals surface area contributed by atoms with Crippen LogP contribution in [-0.2, 0) is 11.5 Å². The Morgan fingerprint density at radius 2 is 2.30 bits per heavy atom. The number of alkyl halides is 1. The first kappa shape index (κ1) is 16.2. The number of rotatable bonds is 5. The number of halogens is 1. The van der Waals surface area contributed by atoms with E-state index in [1.54, 1.807) is 31.2 Å². The Bertz CT molecular complexity index is 758. The number of anilines is 3. The summed E-state index contributed by atoms with van der Waals surface area (Å²) in [6.07, 6.45) is 1.28. The monoisotopic (exact) mass is 314 g/mol. The van der Waals surface area contributed by atoms with E-state index in [4.69, 9.17) is 11.0 Å². The molecule has 118 valence electrons. The highest BCUT2D eigenvalue weighted by atomic mass is 19.1. The van der Waals surface area contributed by atoms with Gasteiger partial charge in [-0.2, -0.15) is 10.2 Å². The summed E-state index contributed by atoms with van der Waals surface area (Å²) in [7, 11) is 0. The molecule has 0 aliphatic carbocycles. The predicted octanol–water partition coefficient (Wildman–Crippen LogP) is 1.84. The molecule has 0 unspecified atom stereocenters. The lowest BCUT2D eigenvalue weighted by Crippen LogP contribution is -2.32. The molecule has 0 aliphatic heterocycles. The second-order valence-electron chi connectivity index (χ2n) is 4.79. The third-order valence-electron chi connectivity index (χ3n) is 3.02. The Hall–Kier alpha value is -3.21. The Kier molecular flexibility index (Phi) is 5.04. The van der Waals surface area contributed by atoms with Crippen molar-refractivity contribution in [2.75, 3.05) is 16.4 Å². The molecule has 0 spiro atoms. The average molecular weight is 314 g/mol. The van der Waals surface area contributed by atoms with Crippen molar-refractivity contribution in [1.82, 2.24) is 9.97 Å². The highest BCUT2D eigenvalue weighted by Gasteiger charge is 2.16. The SMILES string of the molecule is C[C@H](Nc1nc(N)ncc1C#N)C(=O)Nc1cccc(CF)c1. The van der Waals surface area contributed by atoms with E-state index in [9.17, 15) is 9.18 Å². The number of aromatic nitrogens is 2. The minimum absolute atomic E-state index is 0.00486. The first-order valence-corrected chi connectivity index (χ1v) is 6.78. The summed E-state index contributed by atoms with van der Waals surface area (Å²) < 4.78 is 12.6. The molecule has 0 radical (unpaired) electrons. The van der Waals surface area contributed by atoms with Crippen LogP contribution in [0.4, 0.5) is 21.8 Å². The fourth-order valence-corrected chi connectivity index (χ4v) is 1.84. The molecular weight excluding hydrogens is 299 g/mol. The largest absolute Gasteiger partial charge is 0.368 e. The quantitative estimate of drug-likeness (QED) is 0.775. The van der Waals surface area contributed by atoms with Crippen molar-refractivity contribution < 1.29 is 9.18 Å². The summed E-state index contributed by atoms with van der Waals surface area (Å²) in [5, 5.41) is 14.5. The minimum Gasteiger partial charge on any atom is -0.368 e. The Balaban J connectivity index is 2.08. The van der Waals surface area contributed by atoms with Gasteiger partial charge in [0.2, 0.25) is 11.9 Å². The maximum atomic E-state index is 12.6. The maximum Gasteiger partial charge on any atom is 0.246 e. The molecule has 8 heteroatoms. The lowest BCUT2D eigenvalue weighted by molar-refractivity contribution is -0.116. The third kappa shape index (κ3) is 4.14. The van der Waals surface area contributed by atoms with Crippen molar-refractivity contribution in [1.29, 1.82) is 5.26 Å². The highest BCUT2D eigenvalue weighted by molar-refractivity contribution is 5.96. The van der Waals surface area contributed by atoms with E-state index in [1.165, 1.54) is 6.20 Å². The molecule has 1 aromatic carbocycles. The van der Waals surface area contributed by atoms with Crippen molar-refractivity contribution in [3.63, 3.8) is 0 Å². The van der Waals surface area contributed by atoms with Crippen LogP contribution in [0.2, 0.25) is 0 Å². The normalized spacial score (nSPS) is 11.3. The van der Waals surface area contributed by atoms with E-state index in [1.807, 2.05) is 6.07 Å². The standard InChI is InChI=1S/C15H15FN6O/c1-9(20-13-11(7-17)8-19-15(18)22-13)14(23)21-12-4-2-3-10(5-12)6-16/h2-5,8-9H,6H2,1H3,(H,21,23)(H3,18,19,20,22)/t9-/m0/s1. The molecule has 1 heterocycles. The van der Waals surface area contributed by atoms with Crippen molar-refractivity contribution in [2.24, 2.45) is 0 Å². The number of nitriles is 1. The molecule has 0 aliphatic rings. The molecule has 4 N–H and O–H groups in total. The molecular formula is C15H15FN6O.